The Labute approximate surface area is 191 Å². The Bertz CT molecular complexity index is 1300. The lowest BCUT2D eigenvalue weighted by Gasteiger charge is -2.18. The molecule has 2 aromatic heterocycles. The Morgan fingerprint density at radius 1 is 1.15 bits per heavy atom. The number of carbonyl (C=O) groups excluding carboxylic acids is 1. The molecule has 3 N–H and O–H groups in total. The van der Waals surface area contributed by atoms with E-state index in [1.165, 1.54) is 6.07 Å². The van der Waals surface area contributed by atoms with E-state index in [2.05, 4.69) is 20.7 Å². The largest absolute Gasteiger partial charge is 0.394 e. The lowest BCUT2D eigenvalue weighted by atomic mass is 10.0. The molecule has 0 aliphatic carbocycles. The minimum Gasteiger partial charge on any atom is -0.394 e. The summed E-state index contributed by atoms with van der Waals surface area (Å²) < 4.78 is 15.9. The number of nitrogens with one attached hydrogen (secondary N) is 2. The number of nitrogens with zero attached hydrogens (tertiary/aromatic N) is 3. The number of fused-ring (bicyclic) bond motifs is 1. The van der Waals surface area contributed by atoms with E-state index in [4.69, 9.17) is 0 Å². The summed E-state index contributed by atoms with van der Waals surface area (Å²) in [6.07, 6.45) is 3.50. The van der Waals surface area contributed by atoms with E-state index in [-0.39, 0.29) is 24.4 Å². The fourth-order valence-corrected chi connectivity index (χ4v) is 3.58. The van der Waals surface area contributed by atoms with E-state index in [9.17, 15) is 14.3 Å². The zero-order valence-electron chi connectivity index (χ0n) is 18.7. The van der Waals surface area contributed by atoms with Gasteiger partial charge in [0, 0.05) is 36.4 Å². The SMILES string of the molecule is Cc1ccc([C@H](NC(=O)c2ccc3cnc(N[C@@H](C)CO)cc3c2)c2ccn(C)n2)cc1F. The third-order valence-corrected chi connectivity index (χ3v) is 5.49. The van der Waals surface area contributed by atoms with Crippen molar-refractivity contribution in [3.05, 3.63) is 89.1 Å². The van der Waals surface area contributed by atoms with Crippen LogP contribution in [0.15, 0.2) is 60.9 Å². The smallest absolute Gasteiger partial charge is 0.252 e. The number of amides is 1. The van der Waals surface area contributed by atoms with Gasteiger partial charge in [-0.25, -0.2) is 9.37 Å². The van der Waals surface area contributed by atoms with Crippen molar-refractivity contribution >= 4 is 22.5 Å². The van der Waals surface area contributed by atoms with E-state index in [0.29, 0.717) is 28.2 Å². The third-order valence-electron chi connectivity index (χ3n) is 5.49. The van der Waals surface area contributed by atoms with Crippen molar-refractivity contribution in [2.24, 2.45) is 7.05 Å². The van der Waals surface area contributed by atoms with Gasteiger partial charge in [0.2, 0.25) is 0 Å². The molecular formula is C25H26FN5O2. The first kappa shape index (κ1) is 22.4. The number of halogens is 1. The lowest BCUT2D eigenvalue weighted by molar-refractivity contribution is 0.0942. The molecule has 1 amide bonds. The van der Waals surface area contributed by atoms with Gasteiger partial charge in [-0.3, -0.25) is 9.48 Å². The van der Waals surface area contributed by atoms with Crippen molar-refractivity contribution in [3.8, 4) is 0 Å². The maximum atomic E-state index is 14.3. The van der Waals surface area contributed by atoms with Crippen molar-refractivity contribution in [3.63, 3.8) is 0 Å². The molecule has 0 fully saturated rings. The molecule has 2 atom stereocenters. The number of aryl methyl sites for hydroxylation is 2. The zero-order valence-corrected chi connectivity index (χ0v) is 18.7. The topological polar surface area (TPSA) is 92.1 Å². The van der Waals surface area contributed by atoms with Gasteiger partial charge >= 0.3 is 0 Å². The Balaban J connectivity index is 1.65. The minimum atomic E-state index is -0.607. The first-order valence-corrected chi connectivity index (χ1v) is 10.7. The Kier molecular flexibility index (Phi) is 6.37. The van der Waals surface area contributed by atoms with Gasteiger partial charge in [-0.1, -0.05) is 18.2 Å². The van der Waals surface area contributed by atoms with Crippen molar-refractivity contribution in [2.75, 3.05) is 11.9 Å². The summed E-state index contributed by atoms with van der Waals surface area (Å²) in [5.74, 6) is -0.0234. The van der Waals surface area contributed by atoms with Gasteiger partial charge < -0.3 is 15.7 Å². The first-order chi connectivity index (χ1) is 15.8. The van der Waals surface area contributed by atoms with Gasteiger partial charge in [0.25, 0.3) is 5.91 Å². The number of aromatic nitrogens is 3. The predicted molar refractivity (Wildman–Crippen MR) is 126 cm³/mol. The van der Waals surface area contributed by atoms with Gasteiger partial charge in [0.05, 0.1) is 18.3 Å². The van der Waals surface area contributed by atoms with Crippen LogP contribution in [-0.4, -0.2) is 38.4 Å². The van der Waals surface area contributed by atoms with E-state index in [1.807, 2.05) is 19.1 Å². The van der Waals surface area contributed by atoms with Crippen LogP contribution in [0.5, 0.6) is 0 Å². The molecule has 4 aromatic rings. The van der Waals surface area contributed by atoms with Crippen LogP contribution in [0.3, 0.4) is 0 Å². The summed E-state index contributed by atoms with van der Waals surface area (Å²) in [5, 5.41) is 21.5. The fourth-order valence-electron chi connectivity index (χ4n) is 3.58. The molecule has 0 unspecified atom stereocenters. The summed E-state index contributed by atoms with van der Waals surface area (Å²) >= 11 is 0. The number of pyridine rings is 1. The molecular weight excluding hydrogens is 421 g/mol. The van der Waals surface area contributed by atoms with Crippen LogP contribution in [0, 0.1) is 12.7 Å². The van der Waals surface area contributed by atoms with Gasteiger partial charge in [-0.05, 0) is 60.7 Å². The van der Waals surface area contributed by atoms with E-state index in [0.717, 1.165) is 10.8 Å². The van der Waals surface area contributed by atoms with Crippen LogP contribution in [0.4, 0.5) is 10.2 Å². The van der Waals surface area contributed by atoms with Crippen LogP contribution in [0.1, 0.15) is 40.1 Å². The maximum Gasteiger partial charge on any atom is 0.252 e. The average Bonchev–Trinajstić information content (AvgIpc) is 3.24. The molecule has 0 spiro atoms. The zero-order chi connectivity index (χ0) is 23.5. The van der Waals surface area contributed by atoms with E-state index < -0.39 is 6.04 Å². The van der Waals surface area contributed by atoms with Crippen molar-refractivity contribution in [1.29, 1.82) is 0 Å². The number of aliphatic hydroxyl groups excluding tert-OH is 1. The molecule has 7 nitrogen and oxygen atoms in total. The molecule has 170 valence electrons. The number of anilines is 1. The summed E-state index contributed by atoms with van der Waals surface area (Å²) in [5.41, 5.74) is 2.22. The molecule has 8 heteroatoms. The maximum absolute atomic E-state index is 14.3. The number of rotatable bonds is 7. The quantitative estimate of drug-likeness (QED) is 0.402. The van der Waals surface area contributed by atoms with Crippen LogP contribution in [0.25, 0.3) is 10.8 Å². The van der Waals surface area contributed by atoms with Crippen molar-refractivity contribution in [2.45, 2.75) is 25.9 Å². The third kappa shape index (κ3) is 5.01. The number of benzene rings is 2. The van der Waals surface area contributed by atoms with Crippen LogP contribution >= 0.6 is 0 Å². The Hall–Kier alpha value is -3.78. The lowest BCUT2D eigenvalue weighted by Crippen LogP contribution is -2.30. The highest BCUT2D eigenvalue weighted by atomic mass is 19.1. The minimum absolute atomic E-state index is 0.0172. The number of hydrogen-bond donors (Lipinski definition) is 3. The summed E-state index contributed by atoms with van der Waals surface area (Å²) in [7, 11) is 1.79. The monoisotopic (exact) mass is 447 g/mol. The second-order valence-corrected chi connectivity index (χ2v) is 8.19. The highest BCUT2D eigenvalue weighted by Gasteiger charge is 2.21. The van der Waals surface area contributed by atoms with Crippen molar-refractivity contribution < 1.29 is 14.3 Å². The predicted octanol–water partition coefficient (Wildman–Crippen LogP) is 3.73. The summed E-state index contributed by atoms with van der Waals surface area (Å²) in [4.78, 5) is 17.6. The molecule has 0 saturated heterocycles. The van der Waals surface area contributed by atoms with Crippen molar-refractivity contribution in [1.82, 2.24) is 20.1 Å². The van der Waals surface area contributed by atoms with E-state index in [1.54, 1.807) is 61.4 Å². The fraction of sp³-hybridized carbons (Fsp3) is 0.240. The van der Waals surface area contributed by atoms with E-state index >= 15 is 0 Å². The standard InChI is InChI=1S/C25H26FN5O2/c1-15-4-5-17(11-21(15)26)24(22-8-9-31(3)30-22)29-25(33)18-6-7-19-13-27-23(12-20(19)10-18)28-16(2)14-32/h4-13,16,24,32H,14H2,1-3H3,(H,27,28)(H,29,33)/t16-,24-/m0/s1. The van der Waals surface area contributed by atoms with Gasteiger partial charge in [0.15, 0.2) is 0 Å². The van der Waals surface area contributed by atoms with Crippen LogP contribution in [0.2, 0.25) is 0 Å². The summed E-state index contributed by atoms with van der Waals surface area (Å²) in [6.45, 7) is 3.53. The molecule has 0 aliphatic heterocycles. The van der Waals surface area contributed by atoms with Crippen LogP contribution in [-0.2, 0) is 7.05 Å². The van der Waals surface area contributed by atoms with Gasteiger partial charge in [-0.15, -0.1) is 0 Å². The first-order valence-electron chi connectivity index (χ1n) is 10.7. The number of aliphatic hydroxyl groups is 1. The normalized spacial score (nSPS) is 13.0. The average molecular weight is 448 g/mol. The molecule has 0 bridgehead atoms. The molecule has 4 rings (SSSR count). The highest BCUT2D eigenvalue weighted by Crippen LogP contribution is 2.24. The Morgan fingerprint density at radius 3 is 2.67 bits per heavy atom. The molecule has 0 radical (unpaired) electrons. The number of hydrogen-bond acceptors (Lipinski definition) is 5. The van der Waals surface area contributed by atoms with Gasteiger partial charge in [0.1, 0.15) is 11.6 Å². The molecule has 2 heterocycles. The molecule has 0 saturated carbocycles. The van der Waals surface area contributed by atoms with Gasteiger partial charge in [-0.2, -0.15) is 5.10 Å². The molecule has 2 aromatic carbocycles. The summed E-state index contributed by atoms with van der Waals surface area (Å²) in [6, 6.07) is 13.2. The number of carbonyl (C=O) groups is 1. The highest BCUT2D eigenvalue weighted by molar-refractivity contribution is 5.99. The second kappa shape index (κ2) is 9.38. The molecule has 33 heavy (non-hydrogen) atoms. The second-order valence-electron chi connectivity index (χ2n) is 8.19. The Morgan fingerprint density at radius 2 is 1.97 bits per heavy atom. The molecule has 0 aliphatic rings. The van der Waals surface area contributed by atoms with Crippen LogP contribution < -0.4 is 10.6 Å².